The molecule has 1 aromatic rings. The van der Waals surface area contributed by atoms with Crippen molar-refractivity contribution in [3.05, 3.63) is 17.8 Å². The Kier molecular flexibility index (Phi) is 4.06. The number of nitrogens with zero attached hydrogens (tertiary/aromatic N) is 1. The number of hydrogen-bond acceptors (Lipinski definition) is 3. The second kappa shape index (κ2) is 5.60. The van der Waals surface area contributed by atoms with Crippen LogP contribution in [0.25, 0.3) is 0 Å². The zero-order valence-electron chi connectivity index (χ0n) is 11.0. The molecule has 1 heterocycles. The van der Waals surface area contributed by atoms with Gasteiger partial charge in [0.05, 0.1) is 7.11 Å². The molecule has 0 radical (unpaired) electrons. The number of rotatable bonds is 3. The molecule has 2 rings (SSSR count). The van der Waals surface area contributed by atoms with Gasteiger partial charge >= 0.3 is 6.09 Å². The van der Waals surface area contributed by atoms with Crippen molar-refractivity contribution in [2.45, 2.75) is 37.5 Å². The number of ether oxygens (including phenoxy) is 1. The van der Waals surface area contributed by atoms with Crippen LogP contribution in [0.15, 0.2) is 12.3 Å². The molecule has 2 N–H and O–H groups in total. The van der Waals surface area contributed by atoms with E-state index in [4.69, 9.17) is 9.84 Å². The second-order valence-electron chi connectivity index (χ2n) is 4.87. The Morgan fingerprint density at radius 1 is 1.50 bits per heavy atom. The van der Waals surface area contributed by atoms with Gasteiger partial charge in [-0.15, -0.1) is 0 Å². The Balaban J connectivity index is 2.17. The Bertz CT molecular complexity index is 498. The molecule has 1 aliphatic carbocycles. The fourth-order valence-electron chi connectivity index (χ4n) is 2.46. The first kappa shape index (κ1) is 14.5. The van der Waals surface area contributed by atoms with Crippen LogP contribution in [0.3, 0.4) is 0 Å². The Labute approximate surface area is 115 Å². The highest BCUT2D eigenvalue weighted by molar-refractivity contribution is 5.81. The third-order valence-electron chi connectivity index (χ3n) is 3.51. The summed E-state index contributed by atoms with van der Waals surface area (Å²) >= 11 is 0. The minimum Gasteiger partial charge on any atom is -0.496 e. The Morgan fingerprint density at radius 2 is 2.15 bits per heavy atom. The van der Waals surface area contributed by atoms with E-state index in [0.29, 0.717) is 18.6 Å². The zero-order chi connectivity index (χ0) is 14.8. The molecule has 7 heteroatoms. The number of methoxy groups -OCH3 is 1. The summed E-state index contributed by atoms with van der Waals surface area (Å²) in [6.07, 6.45) is 0.738. The molecule has 0 spiro atoms. The van der Waals surface area contributed by atoms with E-state index in [1.165, 1.54) is 19.4 Å². The van der Waals surface area contributed by atoms with Crippen LogP contribution >= 0.6 is 0 Å². The van der Waals surface area contributed by atoms with Gasteiger partial charge in [-0.2, -0.15) is 0 Å². The highest BCUT2D eigenvalue weighted by Gasteiger charge is 2.36. The highest BCUT2D eigenvalue weighted by Crippen LogP contribution is 2.43. The first-order valence-electron chi connectivity index (χ1n) is 6.33. The van der Waals surface area contributed by atoms with Gasteiger partial charge in [-0.1, -0.05) is 0 Å². The topological polar surface area (TPSA) is 71.5 Å². The van der Waals surface area contributed by atoms with Gasteiger partial charge in [0.2, 0.25) is 5.92 Å². The van der Waals surface area contributed by atoms with Gasteiger partial charge in [-0.25, -0.2) is 18.6 Å². The summed E-state index contributed by atoms with van der Waals surface area (Å²) in [6.45, 7) is 0. The van der Waals surface area contributed by atoms with E-state index in [9.17, 15) is 13.6 Å². The molecule has 0 atom stereocenters. The van der Waals surface area contributed by atoms with Crippen LogP contribution in [0, 0.1) is 0 Å². The van der Waals surface area contributed by atoms with Gasteiger partial charge in [-0.3, -0.25) is 5.32 Å². The van der Waals surface area contributed by atoms with Crippen molar-refractivity contribution in [2.24, 2.45) is 0 Å². The average Bonchev–Trinajstić information content (AvgIpc) is 2.38. The largest absolute Gasteiger partial charge is 0.496 e. The first-order valence-corrected chi connectivity index (χ1v) is 6.33. The number of carbonyl (C=O) groups is 1. The van der Waals surface area contributed by atoms with Crippen molar-refractivity contribution in [3.63, 3.8) is 0 Å². The third kappa shape index (κ3) is 3.34. The van der Waals surface area contributed by atoms with Crippen LogP contribution in [0.1, 0.15) is 37.2 Å². The number of halogens is 2. The lowest BCUT2D eigenvalue weighted by molar-refractivity contribution is -0.0383. The number of carboxylic acid groups (broad SMARTS) is 1. The Morgan fingerprint density at radius 3 is 2.70 bits per heavy atom. The highest BCUT2D eigenvalue weighted by atomic mass is 19.3. The summed E-state index contributed by atoms with van der Waals surface area (Å²) in [5.41, 5.74) is 0.749. The van der Waals surface area contributed by atoms with Gasteiger partial charge < -0.3 is 9.84 Å². The van der Waals surface area contributed by atoms with Crippen molar-refractivity contribution in [2.75, 3.05) is 12.4 Å². The number of anilines is 1. The first-order chi connectivity index (χ1) is 9.41. The summed E-state index contributed by atoms with van der Waals surface area (Å²) in [4.78, 5) is 14.5. The molecular formula is C13H16F2N2O3. The van der Waals surface area contributed by atoms with Crippen LogP contribution in [0.5, 0.6) is 5.75 Å². The Hall–Kier alpha value is -1.92. The van der Waals surface area contributed by atoms with E-state index < -0.39 is 12.0 Å². The number of aromatic nitrogens is 1. The molecule has 1 aliphatic rings. The van der Waals surface area contributed by atoms with Crippen molar-refractivity contribution in [1.82, 2.24) is 4.98 Å². The molecular weight excluding hydrogens is 270 g/mol. The molecule has 20 heavy (non-hydrogen) atoms. The summed E-state index contributed by atoms with van der Waals surface area (Å²) in [5, 5.41) is 10.8. The molecule has 0 saturated heterocycles. The quantitative estimate of drug-likeness (QED) is 0.892. The zero-order valence-corrected chi connectivity index (χ0v) is 11.0. The molecule has 0 aromatic carbocycles. The fourth-order valence-corrected chi connectivity index (χ4v) is 2.46. The van der Waals surface area contributed by atoms with Crippen LogP contribution in [-0.2, 0) is 0 Å². The van der Waals surface area contributed by atoms with Crippen LogP contribution in [0.4, 0.5) is 19.4 Å². The molecule has 5 nitrogen and oxygen atoms in total. The molecule has 0 bridgehead atoms. The second-order valence-corrected chi connectivity index (χ2v) is 4.87. The predicted octanol–water partition coefficient (Wildman–Crippen LogP) is 3.47. The third-order valence-corrected chi connectivity index (χ3v) is 3.51. The maximum absolute atomic E-state index is 13.2. The summed E-state index contributed by atoms with van der Waals surface area (Å²) in [5.74, 6) is -1.99. The molecule has 0 unspecified atom stereocenters. The van der Waals surface area contributed by atoms with Gasteiger partial charge in [0.25, 0.3) is 0 Å². The molecule has 1 aromatic heterocycles. The van der Waals surface area contributed by atoms with Gasteiger partial charge in [0.15, 0.2) is 0 Å². The molecule has 1 amide bonds. The maximum Gasteiger partial charge on any atom is 0.410 e. The van der Waals surface area contributed by atoms with Gasteiger partial charge in [-0.05, 0) is 18.8 Å². The van der Waals surface area contributed by atoms with Gasteiger partial charge in [0.1, 0.15) is 11.6 Å². The lowest BCUT2D eigenvalue weighted by atomic mass is 9.82. The predicted molar refractivity (Wildman–Crippen MR) is 68.6 cm³/mol. The average molecular weight is 286 g/mol. The number of nitrogens with one attached hydrogen (secondary N) is 1. The molecule has 1 fully saturated rings. The van der Waals surface area contributed by atoms with Crippen molar-refractivity contribution in [1.29, 1.82) is 0 Å². The van der Waals surface area contributed by atoms with Crippen molar-refractivity contribution < 1.29 is 23.4 Å². The van der Waals surface area contributed by atoms with Crippen LogP contribution in [-0.4, -0.2) is 29.2 Å². The summed E-state index contributed by atoms with van der Waals surface area (Å²) in [7, 11) is 1.46. The van der Waals surface area contributed by atoms with E-state index in [-0.39, 0.29) is 24.6 Å². The lowest BCUT2D eigenvalue weighted by Crippen LogP contribution is -2.24. The van der Waals surface area contributed by atoms with Gasteiger partial charge in [0, 0.05) is 30.7 Å². The number of hydrogen-bond donors (Lipinski definition) is 2. The molecule has 110 valence electrons. The minimum absolute atomic E-state index is 0.0315. The molecule has 0 aliphatic heterocycles. The monoisotopic (exact) mass is 286 g/mol. The van der Waals surface area contributed by atoms with Crippen molar-refractivity contribution >= 4 is 11.9 Å². The van der Waals surface area contributed by atoms with E-state index >= 15 is 0 Å². The van der Waals surface area contributed by atoms with E-state index in [2.05, 4.69) is 10.3 Å². The van der Waals surface area contributed by atoms with E-state index in [1.807, 2.05) is 0 Å². The van der Waals surface area contributed by atoms with Crippen molar-refractivity contribution in [3.8, 4) is 5.75 Å². The number of pyridine rings is 1. The minimum atomic E-state index is -2.58. The smallest absolute Gasteiger partial charge is 0.410 e. The lowest BCUT2D eigenvalue weighted by Gasteiger charge is -2.29. The summed E-state index contributed by atoms with van der Waals surface area (Å²) in [6, 6.07) is 1.47. The summed E-state index contributed by atoms with van der Waals surface area (Å²) < 4.78 is 31.5. The van der Waals surface area contributed by atoms with Crippen LogP contribution < -0.4 is 10.1 Å². The normalized spacial score (nSPS) is 18.6. The number of alkyl halides is 2. The van der Waals surface area contributed by atoms with E-state index in [1.54, 1.807) is 0 Å². The fraction of sp³-hybridized carbons (Fsp3) is 0.538. The maximum atomic E-state index is 13.2. The SMILES string of the molecule is COc1cc(NC(=O)O)ncc1C1CCC(F)(F)CC1. The van der Waals surface area contributed by atoms with E-state index in [0.717, 1.165) is 5.56 Å². The molecule has 1 saturated carbocycles. The van der Waals surface area contributed by atoms with Crippen LogP contribution in [0.2, 0.25) is 0 Å². The number of amides is 1. The standard InChI is InChI=1S/C13H16F2N2O3/c1-20-10-6-11(17-12(18)19)16-7-9(10)8-2-4-13(14,15)5-3-8/h6-8H,2-5H2,1H3,(H,16,17)(H,18,19).